The minimum Gasteiger partial charge on any atom is -0.444 e. The van der Waals surface area contributed by atoms with Crippen molar-refractivity contribution < 1.29 is 4.42 Å². The largest absolute Gasteiger partial charge is 0.444 e. The third-order valence-electron chi connectivity index (χ3n) is 4.80. The highest BCUT2D eigenvalue weighted by Crippen LogP contribution is 2.14. The van der Waals surface area contributed by atoms with E-state index in [1.54, 1.807) is 7.05 Å². The van der Waals surface area contributed by atoms with E-state index in [2.05, 4.69) is 48.5 Å². The van der Waals surface area contributed by atoms with Gasteiger partial charge in [0.15, 0.2) is 5.96 Å². The van der Waals surface area contributed by atoms with E-state index in [0.717, 1.165) is 43.5 Å². The van der Waals surface area contributed by atoms with Gasteiger partial charge in [0.1, 0.15) is 11.6 Å². The summed E-state index contributed by atoms with van der Waals surface area (Å²) in [5.74, 6) is 3.26. The van der Waals surface area contributed by atoms with Gasteiger partial charge < -0.3 is 24.9 Å². The van der Waals surface area contributed by atoms with Gasteiger partial charge in [-0.3, -0.25) is 4.99 Å². The van der Waals surface area contributed by atoms with Crippen LogP contribution in [-0.4, -0.2) is 61.1 Å². The topological polar surface area (TPSA) is 81.8 Å². The smallest absolute Gasteiger partial charge is 0.214 e. The van der Waals surface area contributed by atoms with Crippen molar-refractivity contribution in [2.45, 2.75) is 26.9 Å². The van der Waals surface area contributed by atoms with E-state index in [1.165, 1.54) is 5.56 Å². The van der Waals surface area contributed by atoms with Crippen LogP contribution in [0.1, 0.15) is 22.9 Å². The number of piperazine rings is 1. The Kier molecular flexibility index (Phi) is 8.49. The van der Waals surface area contributed by atoms with Crippen molar-refractivity contribution in [1.82, 2.24) is 25.5 Å². The molecule has 1 saturated heterocycles. The van der Waals surface area contributed by atoms with Crippen molar-refractivity contribution in [3.63, 3.8) is 0 Å². The van der Waals surface area contributed by atoms with E-state index in [4.69, 9.17) is 4.42 Å². The number of pyridine rings is 1. The summed E-state index contributed by atoms with van der Waals surface area (Å²) < 4.78 is 5.59. The van der Waals surface area contributed by atoms with Gasteiger partial charge in [0.05, 0.1) is 12.2 Å². The number of anilines is 1. The molecule has 0 bridgehead atoms. The van der Waals surface area contributed by atoms with Gasteiger partial charge >= 0.3 is 0 Å². The number of nitrogens with one attached hydrogen (secondary N) is 2. The molecule has 0 atom stereocenters. The maximum atomic E-state index is 5.59. The van der Waals surface area contributed by atoms with Gasteiger partial charge in [0.2, 0.25) is 5.89 Å². The first-order valence-electron chi connectivity index (χ1n) is 9.31. The van der Waals surface area contributed by atoms with Crippen LogP contribution < -0.4 is 15.5 Å². The Balaban J connectivity index is 0.00000280. The number of hydrogen-bond donors (Lipinski definition) is 2. The minimum atomic E-state index is 0. The third-order valence-corrected chi connectivity index (χ3v) is 4.80. The van der Waals surface area contributed by atoms with Gasteiger partial charge in [-0.2, -0.15) is 0 Å². The molecule has 9 heteroatoms. The number of likely N-dealkylation sites (N-methyl/N-ethyl adjacent to an activating group) is 1. The lowest BCUT2D eigenvalue weighted by Gasteiger charge is -2.33. The van der Waals surface area contributed by atoms with Gasteiger partial charge in [-0.25, -0.2) is 9.97 Å². The molecular weight excluding hydrogens is 469 g/mol. The highest BCUT2D eigenvalue weighted by Gasteiger charge is 2.15. The number of halogens is 1. The van der Waals surface area contributed by atoms with Crippen LogP contribution >= 0.6 is 24.0 Å². The number of hydrogen-bond acceptors (Lipinski definition) is 6. The quantitative estimate of drug-likeness (QED) is 0.370. The van der Waals surface area contributed by atoms with Crippen LogP contribution in [0, 0.1) is 13.8 Å². The van der Waals surface area contributed by atoms with Crippen molar-refractivity contribution in [2.24, 2.45) is 4.99 Å². The minimum absolute atomic E-state index is 0. The van der Waals surface area contributed by atoms with Crippen molar-refractivity contribution >= 4 is 35.8 Å². The molecule has 0 spiro atoms. The molecule has 2 N–H and O–H groups in total. The molecule has 0 saturated carbocycles. The summed E-state index contributed by atoms with van der Waals surface area (Å²) in [6, 6.07) is 4.17. The van der Waals surface area contributed by atoms with Gasteiger partial charge in [-0.05, 0) is 38.6 Å². The number of oxazole rings is 1. The Labute approximate surface area is 183 Å². The predicted molar refractivity (Wildman–Crippen MR) is 122 cm³/mol. The Morgan fingerprint density at radius 3 is 2.54 bits per heavy atom. The Morgan fingerprint density at radius 1 is 1.18 bits per heavy atom. The summed E-state index contributed by atoms with van der Waals surface area (Å²) in [6.07, 6.45) is 1.87. The van der Waals surface area contributed by atoms with Crippen LogP contribution in [0.4, 0.5) is 5.82 Å². The summed E-state index contributed by atoms with van der Waals surface area (Å²) in [7, 11) is 3.91. The summed E-state index contributed by atoms with van der Waals surface area (Å²) >= 11 is 0. The molecule has 1 aliphatic heterocycles. The number of aryl methyl sites for hydroxylation is 2. The molecule has 1 fully saturated rings. The van der Waals surface area contributed by atoms with Crippen LogP contribution in [0.15, 0.2) is 27.7 Å². The van der Waals surface area contributed by atoms with Crippen LogP contribution in [0.25, 0.3) is 0 Å². The van der Waals surface area contributed by atoms with Gasteiger partial charge in [-0.1, -0.05) is 0 Å². The van der Waals surface area contributed by atoms with E-state index in [9.17, 15) is 0 Å². The van der Waals surface area contributed by atoms with Crippen molar-refractivity contribution in [3.05, 3.63) is 41.2 Å². The highest BCUT2D eigenvalue weighted by atomic mass is 127. The van der Waals surface area contributed by atoms with E-state index in [0.29, 0.717) is 24.9 Å². The average Bonchev–Trinajstić information content (AvgIpc) is 3.00. The Morgan fingerprint density at radius 2 is 1.89 bits per heavy atom. The predicted octanol–water partition coefficient (Wildman–Crippen LogP) is 1.92. The summed E-state index contributed by atoms with van der Waals surface area (Å²) in [5.41, 5.74) is 2.09. The van der Waals surface area contributed by atoms with E-state index in [-0.39, 0.29) is 24.0 Å². The molecule has 0 unspecified atom stereocenters. The summed E-state index contributed by atoms with van der Waals surface area (Å²) in [6.45, 7) is 9.19. The van der Waals surface area contributed by atoms with Crippen LogP contribution in [-0.2, 0) is 13.1 Å². The number of nitrogens with zero attached hydrogens (tertiary/aromatic N) is 5. The average molecular weight is 499 g/mol. The number of rotatable bonds is 5. The fraction of sp³-hybridized carbons (Fsp3) is 0.526. The van der Waals surface area contributed by atoms with Crippen LogP contribution in [0.5, 0.6) is 0 Å². The molecule has 0 radical (unpaired) electrons. The lowest BCUT2D eigenvalue weighted by Crippen LogP contribution is -2.44. The first kappa shape index (κ1) is 22.4. The van der Waals surface area contributed by atoms with Crippen LogP contribution in [0.2, 0.25) is 0 Å². The Hall–Kier alpha value is -1.88. The molecule has 0 aromatic carbocycles. The second-order valence-corrected chi connectivity index (χ2v) is 6.84. The van der Waals surface area contributed by atoms with Crippen LogP contribution in [0.3, 0.4) is 0 Å². The fourth-order valence-corrected chi connectivity index (χ4v) is 2.96. The lowest BCUT2D eigenvalue weighted by atomic mass is 10.2. The fourth-order valence-electron chi connectivity index (χ4n) is 2.96. The number of guanidine groups is 1. The molecule has 8 nitrogen and oxygen atoms in total. The molecule has 0 amide bonds. The maximum Gasteiger partial charge on any atom is 0.214 e. The standard InChI is InChI=1S/C19H29N7O.HI/c1-14-15(2)27-18(24-14)13-23-19(20-3)22-12-16-5-6-21-17(11-16)26-9-7-25(4)8-10-26;/h5-6,11H,7-10,12-13H2,1-4H3,(H2,20,22,23);1H. The SMILES string of the molecule is CN=C(NCc1ccnc(N2CCN(C)CC2)c1)NCc1nc(C)c(C)o1.I. The van der Waals surface area contributed by atoms with Crippen molar-refractivity contribution in [3.8, 4) is 0 Å². The number of aromatic nitrogens is 2. The molecule has 2 aromatic heterocycles. The van der Waals surface area contributed by atoms with E-state index in [1.807, 2.05) is 26.1 Å². The normalized spacial score (nSPS) is 15.3. The molecular formula is C19H30IN7O. The zero-order chi connectivity index (χ0) is 19.2. The van der Waals surface area contributed by atoms with Gasteiger partial charge in [0, 0.05) is 46.0 Å². The lowest BCUT2D eigenvalue weighted by molar-refractivity contribution is 0.312. The molecule has 2 aromatic rings. The van der Waals surface area contributed by atoms with E-state index < -0.39 is 0 Å². The molecule has 1 aliphatic rings. The second kappa shape index (κ2) is 10.6. The molecule has 0 aliphatic carbocycles. The molecule has 3 rings (SSSR count). The molecule has 154 valence electrons. The zero-order valence-electron chi connectivity index (χ0n) is 17.0. The molecule has 28 heavy (non-hydrogen) atoms. The third kappa shape index (κ3) is 6.06. The van der Waals surface area contributed by atoms with Crippen molar-refractivity contribution in [2.75, 3.05) is 45.2 Å². The first-order valence-corrected chi connectivity index (χ1v) is 9.31. The maximum absolute atomic E-state index is 5.59. The van der Waals surface area contributed by atoms with Gasteiger partial charge in [0.25, 0.3) is 0 Å². The zero-order valence-corrected chi connectivity index (χ0v) is 19.4. The van der Waals surface area contributed by atoms with E-state index >= 15 is 0 Å². The van der Waals surface area contributed by atoms with Crippen molar-refractivity contribution in [1.29, 1.82) is 0 Å². The summed E-state index contributed by atoms with van der Waals surface area (Å²) in [5, 5.41) is 6.56. The van der Waals surface area contributed by atoms with Gasteiger partial charge in [-0.15, -0.1) is 24.0 Å². The first-order chi connectivity index (χ1) is 13.0. The number of aliphatic imine (C=N–C) groups is 1. The molecule has 3 heterocycles. The summed E-state index contributed by atoms with van der Waals surface area (Å²) in [4.78, 5) is 17.8. The Bertz CT molecular complexity index is 765. The second-order valence-electron chi connectivity index (χ2n) is 6.84. The monoisotopic (exact) mass is 499 g/mol. The highest BCUT2D eigenvalue weighted by molar-refractivity contribution is 14.0.